The number of anilines is 2. The van der Waals surface area contributed by atoms with Crippen LogP contribution in [0.1, 0.15) is 42.4 Å². The summed E-state index contributed by atoms with van der Waals surface area (Å²) in [6.45, 7) is 1.92. The maximum atomic E-state index is 12.7. The third kappa shape index (κ3) is 6.14. The quantitative estimate of drug-likeness (QED) is 0.419. The van der Waals surface area contributed by atoms with E-state index < -0.39 is 10.0 Å². The van der Waals surface area contributed by atoms with Crippen LogP contribution in [0.25, 0.3) is 12.2 Å². The lowest BCUT2D eigenvalue weighted by Gasteiger charge is -2.26. The smallest absolute Gasteiger partial charge is 0.263 e. The van der Waals surface area contributed by atoms with Gasteiger partial charge in [0.2, 0.25) is 5.95 Å². The summed E-state index contributed by atoms with van der Waals surface area (Å²) in [6.07, 6.45) is 11.6. The number of nitrogens with two attached hydrogens (primary N) is 1. The lowest BCUT2D eigenvalue weighted by molar-refractivity contribution is 0.410. The second kappa shape index (κ2) is 10.5. The van der Waals surface area contributed by atoms with Crippen molar-refractivity contribution in [2.24, 2.45) is 5.73 Å². The van der Waals surface area contributed by atoms with Crippen LogP contribution in [0.4, 0.5) is 11.6 Å². The molecule has 7 nitrogen and oxygen atoms in total. The first kappa shape index (κ1) is 24.2. The SMILES string of the molecule is Cc1cc(NS(=O)(=O)c2ccccc2Cl)ccc1/C=C/c1cnc(NC2CCC(N)CC2)nc1. The van der Waals surface area contributed by atoms with Gasteiger partial charge in [-0.25, -0.2) is 18.4 Å². The van der Waals surface area contributed by atoms with Crippen LogP contribution in [-0.2, 0) is 10.0 Å². The molecule has 1 aliphatic rings. The Kier molecular flexibility index (Phi) is 7.50. The molecule has 0 amide bonds. The van der Waals surface area contributed by atoms with Crippen LogP contribution in [-0.4, -0.2) is 30.5 Å². The fraction of sp³-hybridized carbons (Fsp3) is 0.280. The second-order valence-electron chi connectivity index (χ2n) is 8.54. The van der Waals surface area contributed by atoms with Gasteiger partial charge in [0.25, 0.3) is 10.0 Å². The molecule has 0 atom stereocenters. The molecule has 1 heterocycles. The molecule has 4 rings (SSSR count). The highest BCUT2D eigenvalue weighted by Crippen LogP contribution is 2.25. The second-order valence-corrected chi connectivity index (χ2v) is 10.6. The van der Waals surface area contributed by atoms with Gasteiger partial charge >= 0.3 is 0 Å². The molecule has 0 aliphatic heterocycles. The molecular weight excluding hydrogens is 470 g/mol. The lowest BCUT2D eigenvalue weighted by Crippen LogP contribution is -2.33. The minimum atomic E-state index is -3.78. The summed E-state index contributed by atoms with van der Waals surface area (Å²) in [5.74, 6) is 0.629. The molecule has 0 saturated heterocycles. The fourth-order valence-electron chi connectivity index (χ4n) is 3.93. The van der Waals surface area contributed by atoms with Gasteiger partial charge in [0.15, 0.2) is 0 Å². The van der Waals surface area contributed by atoms with Crippen molar-refractivity contribution >= 4 is 45.4 Å². The Morgan fingerprint density at radius 2 is 1.74 bits per heavy atom. The van der Waals surface area contributed by atoms with E-state index in [1.807, 2.05) is 25.1 Å². The summed E-state index contributed by atoms with van der Waals surface area (Å²) in [4.78, 5) is 8.89. The van der Waals surface area contributed by atoms with Crippen molar-refractivity contribution < 1.29 is 8.42 Å². The molecule has 9 heteroatoms. The molecule has 0 spiro atoms. The predicted molar refractivity (Wildman–Crippen MR) is 138 cm³/mol. The average molecular weight is 498 g/mol. The van der Waals surface area contributed by atoms with Crippen molar-refractivity contribution in [1.29, 1.82) is 0 Å². The van der Waals surface area contributed by atoms with Crippen molar-refractivity contribution in [3.05, 3.63) is 76.6 Å². The number of rotatable bonds is 7. The van der Waals surface area contributed by atoms with Gasteiger partial charge in [-0.3, -0.25) is 4.72 Å². The van der Waals surface area contributed by atoms with Crippen molar-refractivity contribution in [1.82, 2.24) is 9.97 Å². The zero-order valence-corrected chi connectivity index (χ0v) is 20.5. The van der Waals surface area contributed by atoms with Gasteiger partial charge in [0.05, 0.1) is 5.02 Å². The van der Waals surface area contributed by atoms with E-state index in [1.165, 1.54) is 6.07 Å². The predicted octanol–water partition coefficient (Wildman–Crippen LogP) is 5.09. The van der Waals surface area contributed by atoms with Gasteiger partial charge in [0, 0.05) is 35.7 Å². The Hall–Kier alpha value is -2.94. The molecule has 178 valence electrons. The highest BCUT2D eigenvalue weighted by Gasteiger charge is 2.19. The van der Waals surface area contributed by atoms with E-state index in [1.54, 1.807) is 42.7 Å². The molecule has 4 N–H and O–H groups in total. The van der Waals surface area contributed by atoms with Gasteiger partial charge in [-0.05, 0) is 68.0 Å². The van der Waals surface area contributed by atoms with Crippen LogP contribution in [0.2, 0.25) is 5.02 Å². The largest absolute Gasteiger partial charge is 0.351 e. The van der Waals surface area contributed by atoms with E-state index in [0.717, 1.165) is 42.4 Å². The number of nitrogens with one attached hydrogen (secondary N) is 2. The van der Waals surface area contributed by atoms with E-state index in [-0.39, 0.29) is 9.92 Å². The van der Waals surface area contributed by atoms with Gasteiger partial charge in [-0.2, -0.15) is 0 Å². The van der Waals surface area contributed by atoms with Crippen molar-refractivity contribution in [3.8, 4) is 0 Å². The van der Waals surface area contributed by atoms with Crippen LogP contribution in [0.15, 0.2) is 59.8 Å². The zero-order chi connectivity index (χ0) is 24.1. The van der Waals surface area contributed by atoms with Gasteiger partial charge in [-0.15, -0.1) is 0 Å². The molecule has 1 fully saturated rings. The summed E-state index contributed by atoms with van der Waals surface area (Å²) in [7, 11) is -3.78. The zero-order valence-electron chi connectivity index (χ0n) is 18.9. The van der Waals surface area contributed by atoms with Crippen molar-refractivity contribution in [2.75, 3.05) is 10.0 Å². The van der Waals surface area contributed by atoms with E-state index in [2.05, 4.69) is 20.0 Å². The molecular formula is C25H28ClN5O2S. The van der Waals surface area contributed by atoms with E-state index in [4.69, 9.17) is 17.3 Å². The molecule has 0 unspecified atom stereocenters. The minimum Gasteiger partial charge on any atom is -0.351 e. The highest BCUT2D eigenvalue weighted by atomic mass is 35.5. The summed E-state index contributed by atoms with van der Waals surface area (Å²) in [5.41, 5.74) is 9.19. The Morgan fingerprint density at radius 3 is 2.41 bits per heavy atom. The normalized spacial score (nSPS) is 18.7. The third-order valence-corrected chi connectivity index (χ3v) is 7.76. The number of aryl methyl sites for hydroxylation is 1. The molecule has 2 aromatic carbocycles. The molecule has 34 heavy (non-hydrogen) atoms. The maximum Gasteiger partial charge on any atom is 0.263 e. The van der Waals surface area contributed by atoms with Crippen molar-refractivity contribution in [3.63, 3.8) is 0 Å². The number of halogens is 1. The van der Waals surface area contributed by atoms with E-state index >= 15 is 0 Å². The summed E-state index contributed by atoms with van der Waals surface area (Å²) in [5, 5.41) is 3.56. The Labute approximate surface area is 205 Å². The topological polar surface area (TPSA) is 110 Å². The van der Waals surface area contributed by atoms with Crippen LogP contribution in [0.3, 0.4) is 0 Å². The van der Waals surface area contributed by atoms with Gasteiger partial charge in [0.1, 0.15) is 4.90 Å². The summed E-state index contributed by atoms with van der Waals surface area (Å²) < 4.78 is 27.9. The Bertz CT molecular complexity index is 1270. The van der Waals surface area contributed by atoms with Gasteiger partial charge in [-0.1, -0.05) is 42.0 Å². The monoisotopic (exact) mass is 497 g/mol. The number of nitrogens with zero attached hydrogens (tertiary/aromatic N) is 2. The molecule has 0 radical (unpaired) electrons. The van der Waals surface area contributed by atoms with Crippen LogP contribution in [0, 0.1) is 6.92 Å². The first-order valence-electron chi connectivity index (χ1n) is 11.2. The standard InChI is InChI=1S/C25H28ClN5O2S/c1-17-14-22(31-34(32,33)24-5-3-2-4-23(24)26)11-8-19(17)7-6-18-15-28-25(29-16-18)30-21-12-9-20(27)10-13-21/h2-8,11,14-16,20-21,31H,9-10,12-13,27H2,1H3,(H,28,29,30)/b7-6+. The highest BCUT2D eigenvalue weighted by molar-refractivity contribution is 7.92. The number of aromatic nitrogens is 2. The van der Waals surface area contributed by atoms with E-state index in [9.17, 15) is 8.42 Å². The van der Waals surface area contributed by atoms with Gasteiger partial charge < -0.3 is 11.1 Å². The third-order valence-electron chi connectivity index (χ3n) is 5.88. The Morgan fingerprint density at radius 1 is 1.03 bits per heavy atom. The number of hydrogen-bond acceptors (Lipinski definition) is 6. The molecule has 1 aliphatic carbocycles. The van der Waals surface area contributed by atoms with Crippen LogP contribution < -0.4 is 15.8 Å². The van der Waals surface area contributed by atoms with Crippen LogP contribution >= 0.6 is 11.6 Å². The van der Waals surface area contributed by atoms with Crippen molar-refractivity contribution in [2.45, 2.75) is 49.6 Å². The number of hydrogen-bond donors (Lipinski definition) is 3. The first-order valence-corrected chi connectivity index (χ1v) is 13.1. The summed E-state index contributed by atoms with van der Waals surface area (Å²) in [6, 6.07) is 12.4. The minimum absolute atomic E-state index is 0.0447. The maximum absolute atomic E-state index is 12.7. The van der Waals surface area contributed by atoms with Crippen LogP contribution in [0.5, 0.6) is 0 Å². The number of benzene rings is 2. The Balaban J connectivity index is 1.39. The number of sulfonamides is 1. The summed E-state index contributed by atoms with van der Waals surface area (Å²) >= 11 is 6.05. The molecule has 0 bridgehead atoms. The lowest BCUT2D eigenvalue weighted by atomic mass is 9.92. The van der Waals surface area contributed by atoms with E-state index in [0.29, 0.717) is 23.7 Å². The average Bonchev–Trinajstić information content (AvgIpc) is 2.81. The molecule has 1 saturated carbocycles. The molecule has 3 aromatic rings. The molecule has 1 aromatic heterocycles. The fourth-order valence-corrected chi connectivity index (χ4v) is 5.50. The first-order chi connectivity index (χ1) is 16.3.